The predicted octanol–water partition coefficient (Wildman–Crippen LogP) is 2.38. The van der Waals surface area contributed by atoms with Crippen molar-refractivity contribution in [2.45, 2.75) is 0 Å². The van der Waals surface area contributed by atoms with Crippen LogP contribution in [-0.2, 0) is 9.84 Å². The summed E-state index contributed by atoms with van der Waals surface area (Å²) in [5.74, 6) is 0. The highest BCUT2D eigenvalue weighted by Gasteiger charge is 2.27. The van der Waals surface area contributed by atoms with E-state index in [0.717, 1.165) is 0 Å². The van der Waals surface area contributed by atoms with E-state index in [2.05, 4.69) is 26.7 Å². The SMILES string of the molecule is CP(C)N(C1=CC=CS1(=O)=O)P(C)C. The zero-order chi connectivity index (χ0) is 10.9. The van der Waals surface area contributed by atoms with Gasteiger partial charge in [0.15, 0.2) is 0 Å². The Morgan fingerprint density at radius 3 is 1.93 bits per heavy atom. The third-order valence-electron chi connectivity index (χ3n) is 1.74. The van der Waals surface area contributed by atoms with Gasteiger partial charge in [-0.2, -0.15) is 0 Å². The summed E-state index contributed by atoms with van der Waals surface area (Å²) in [5, 5.41) is 1.75. The summed E-state index contributed by atoms with van der Waals surface area (Å²) >= 11 is 0. The van der Waals surface area contributed by atoms with Crippen molar-refractivity contribution in [3.05, 3.63) is 22.6 Å². The lowest BCUT2D eigenvalue weighted by atomic mass is 10.6. The molecule has 1 aliphatic heterocycles. The van der Waals surface area contributed by atoms with E-state index in [-0.39, 0.29) is 0 Å². The van der Waals surface area contributed by atoms with Crippen LogP contribution in [0.3, 0.4) is 0 Å². The molecule has 0 aromatic carbocycles. The topological polar surface area (TPSA) is 37.4 Å². The fraction of sp³-hybridized carbons (Fsp3) is 0.500. The zero-order valence-corrected chi connectivity index (χ0v) is 11.4. The van der Waals surface area contributed by atoms with Crippen molar-refractivity contribution < 1.29 is 8.42 Å². The van der Waals surface area contributed by atoms with E-state index in [1.54, 1.807) is 12.2 Å². The maximum absolute atomic E-state index is 11.6. The fourth-order valence-corrected chi connectivity index (χ4v) is 7.69. The molecule has 0 unspecified atom stereocenters. The molecule has 0 fully saturated rings. The monoisotopic (exact) mass is 251 g/mol. The molecule has 80 valence electrons. The minimum Gasteiger partial charge on any atom is -0.321 e. The lowest BCUT2D eigenvalue weighted by molar-refractivity contribution is 0.605. The van der Waals surface area contributed by atoms with Crippen molar-refractivity contribution in [1.82, 2.24) is 4.44 Å². The molecule has 0 saturated heterocycles. The summed E-state index contributed by atoms with van der Waals surface area (Å²) < 4.78 is 25.3. The Labute approximate surface area is 88.4 Å². The van der Waals surface area contributed by atoms with E-state index in [9.17, 15) is 8.42 Å². The van der Waals surface area contributed by atoms with Gasteiger partial charge in [0.05, 0.1) is 0 Å². The van der Waals surface area contributed by atoms with Crippen LogP contribution in [0.1, 0.15) is 0 Å². The van der Waals surface area contributed by atoms with E-state index < -0.39 is 26.0 Å². The molecule has 3 nitrogen and oxygen atoms in total. The molecule has 1 heterocycles. The maximum Gasteiger partial charge on any atom is 0.215 e. The second-order valence-corrected chi connectivity index (χ2v) is 9.65. The van der Waals surface area contributed by atoms with Crippen molar-refractivity contribution >= 4 is 26.0 Å². The van der Waals surface area contributed by atoms with Crippen LogP contribution in [0.15, 0.2) is 22.6 Å². The minimum atomic E-state index is -3.14. The molecule has 0 atom stereocenters. The Bertz CT molecular complexity index is 363. The summed E-state index contributed by atoms with van der Waals surface area (Å²) in [6.45, 7) is 8.30. The van der Waals surface area contributed by atoms with Crippen LogP contribution < -0.4 is 0 Å². The quantitative estimate of drug-likeness (QED) is 0.723. The predicted molar refractivity (Wildman–Crippen MR) is 65.5 cm³/mol. The summed E-state index contributed by atoms with van der Waals surface area (Å²) in [4.78, 5) is 0. The first-order chi connectivity index (χ1) is 6.36. The van der Waals surface area contributed by atoms with Gasteiger partial charge in [-0.3, -0.25) is 0 Å². The smallest absolute Gasteiger partial charge is 0.215 e. The largest absolute Gasteiger partial charge is 0.321 e. The first kappa shape index (κ1) is 12.2. The van der Waals surface area contributed by atoms with Gasteiger partial charge in [0.1, 0.15) is 5.03 Å². The third kappa shape index (κ3) is 2.36. The van der Waals surface area contributed by atoms with Crippen molar-refractivity contribution in [3.63, 3.8) is 0 Å². The van der Waals surface area contributed by atoms with Gasteiger partial charge in [0, 0.05) is 5.41 Å². The highest BCUT2D eigenvalue weighted by Crippen LogP contribution is 2.53. The standard InChI is InChI=1S/C8H15NO2P2S/c1-12(2)9(13(3)4)8-6-5-7-14(8,10)11/h5-7H,1-4H3. The van der Waals surface area contributed by atoms with Crippen molar-refractivity contribution in [2.24, 2.45) is 0 Å². The van der Waals surface area contributed by atoms with Gasteiger partial charge < -0.3 is 4.44 Å². The van der Waals surface area contributed by atoms with Crippen LogP contribution >= 0.6 is 16.1 Å². The second-order valence-electron chi connectivity index (χ2n) is 3.36. The summed E-state index contributed by atoms with van der Waals surface area (Å²) in [5.41, 5.74) is 0. The van der Waals surface area contributed by atoms with Gasteiger partial charge in [-0.05, 0) is 55.0 Å². The summed E-state index contributed by atoms with van der Waals surface area (Å²) in [7, 11) is -3.93. The van der Waals surface area contributed by atoms with E-state index in [1.165, 1.54) is 5.41 Å². The van der Waals surface area contributed by atoms with Crippen molar-refractivity contribution in [2.75, 3.05) is 26.7 Å². The van der Waals surface area contributed by atoms with Gasteiger partial charge in [0.25, 0.3) is 0 Å². The first-order valence-corrected chi connectivity index (χ1v) is 10.1. The molecule has 1 rings (SSSR count). The molecule has 0 aromatic rings. The van der Waals surface area contributed by atoms with Crippen LogP contribution in [0.4, 0.5) is 0 Å². The third-order valence-corrected chi connectivity index (χ3v) is 7.52. The van der Waals surface area contributed by atoms with Crippen LogP contribution in [0, 0.1) is 0 Å². The highest BCUT2D eigenvalue weighted by molar-refractivity contribution is 7.99. The number of hydrogen-bond acceptors (Lipinski definition) is 3. The number of nitrogens with zero attached hydrogens (tertiary/aromatic N) is 1. The molecule has 1 aliphatic rings. The maximum atomic E-state index is 11.6. The molecule has 0 bridgehead atoms. The number of allylic oxidation sites excluding steroid dienone is 2. The Hall–Kier alpha value is 0.0900. The van der Waals surface area contributed by atoms with Gasteiger partial charge in [-0.1, -0.05) is 0 Å². The van der Waals surface area contributed by atoms with Gasteiger partial charge in [-0.15, -0.1) is 0 Å². The average Bonchev–Trinajstić information content (AvgIpc) is 2.29. The second kappa shape index (κ2) is 4.30. The molecule has 0 aliphatic carbocycles. The summed E-state index contributed by atoms with van der Waals surface area (Å²) in [6.07, 6.45) is 3.30. The van der Waals surface area contributed by atoms with Crippen LogP contribution in [0.25, 0.3) is 0 Å². The minimum absolute atomic E-state index is 0.398. The van der Waals surface area contributed by atoms with Crippen molar-refractivity contribution in [3.8, 4) is 0 Å². The molecule has 0 amide bonds. The lowest BCUT2D eigenvalue weighted by Gasteiger charge is -2.32. The molecule has 0 N–H and O–H groups in total. The molecule has 0 radical (unpaired) electrons. The highest BCUT2D eigenvalue weighted by atomic mass is 32.2. The Balaban J connectivity index is 3.04. The van der Waals surface area contributed by atoms with E-state index >= 15 is 0 Å². The van der Waals surface area contributed by atoms with Gasteiger partial charge >= 0.3 is 0 Å². The molecule has 14 heavy (non-hydrogen) atoms. The average molecular weight is 251 g/mol. The Morgan fingerprint density at radius 2 is 1.64 bits per heavy atom. The Kier molecular flexibility index (Phi) is 3.74. The van der Waals surface area contributed by atoms with Gasteiger partial charge in [0.2, 0.25) is 9.84 Å². The number of rotatable bonds is 3. The Morgan fingerprint density at radius 1 is 1.14 bits per heavy atom. The summed E-state index contributed by atoms with van der Waals surface area (Å²) in [6, 6.07) is 0. The molecule has 0 saturated carbocycles. The molecular weight excluding hydrogens is 236 g/mol. The zero-order valence-electron chi connectivity index (χ0n) is 8.80. The number of hydrogen-bond donors (Lipinski definition) is 0. The van der Waals surface area contributed by atoms with E-state index in [4.69, 9.17) is 0 Å². The molecule has 6 heteroatoms. The normalized spacial score (nSPS) is 19.1. The first-order valence-electron chi connectivity index (χ1n) is 4.14. The van der Waals surface area contributed by atoms with Crippen LogP contribution in [0.2, 0.25) is 0 Å². The number of sulfone groups is 1. The van der Waals surface area contributed by atoms with Crippen molar-refractivity contribution in [1.29, 1.82) is 0 Å². The van der Waals surface area contributed by atoms with Gasteiger partial charge in [-0.25, -0.2) is 8.42 Å². The lowest BCUT2D eigenvalue weighted by Crippen LogP contribution is -2.15. The molecule has 0 spiro atoms. The fourth-order valence-electron chi connectivity index (χ4n) is 1.32. The van der Waals surface area contributed by atoms with Crippen LogP contribution in [0.5, 0.6) is 0 Å². The van der Waals surface area contributed by atoms with E-state index in [0.29, 0.717) is 5.03 Å². The molecular formula is C8H15NO2P2S. The van der Waals surface area contributed by atoms with Crippen LogP contribution in [-0.4, -0.2) is 39.5 Å². The molecule has 0 aromatic heterocycles. The van der Waals surface area contributed by atoms with E-state index in [1.807, 2.05) is 4.44 Å².